The average molecular weight is 2180 g/mol. The van der Waals surface area contributed by atoms with Gasteiger partial charge in [-0.15, -0.1) is 46.1 Å². The maximum absolute atomic E-state index is 11.6. The number of ether oxygens (including phenoxy) is 11. The highest BCUT2D eigenvalue weighted by molar-refractivity contribution is 8.00. The predicted molar refractivity (Wildman–Crippen MR) is 538 cm³/mol. The summed E-state index contributed by atoms with van der Waals surface area (Å²) in [6.07, 6.45) is 19.8. The van der Waals surface area contributed by atoms with E-state index in [0.29, 0.717) is 212 Å². The van der Waals surface area contributed by atoms with Crippen LogP contribution in [0.5, 0.6) is 0 Å². The third kappa shape index (κ3) is 98.7. The molecule has 6 unspecified atom stereocenters. The second kappa shape index (κ2) is 101. The molecule has 63 heteroatoms. The summed E-state index contributed by atoms with van der Waals surface area (Å²) < 4.78 is 50.2. The minimum Gasteiger partial charge on any atom is -0.481 e. The van der Waals surface area contributed by atoms with Gasteiger partial charge in [0, 0.05) is 91.6 Å². The summed E-state index contributed by atoms with van der Waals surface area (Å²) in [4.78, 5) is 205. The van der Waals surface area contributed by atoms with Crippen LogP contribution in [0.3, 0.4) is 0 Å². The number of ketones is 1. The molecule has 60 nitrogen and oxygen atoms in total. The standard InChI is InChI=1S/C11H18N2O4.C10H18N4O3.2C10H19N3O3S.C10H20N2O3S.C9H16N4O3.C9H16N2O5.C8H15N5O3.C8H14N4O4/c1-2-5-9(12)11(15)16-7-4-3-6-10(13)17-8-14;1-10(13-14-10)6-9(16)12-5-3-2-4-8(11)17-7-15;11-9(16-7-14)3-1-2-4-12-10(15)8-5-17-6-13-8;11-8(16-7-14)3-1-2-4-12-9(15)10-13-5-6-17-10;11-8(6-16)9(14)4-2-1-3-5-10(12)15-7-13;1-9(12-13-9)8(15)11-5-3-2-4-7(10)16-6-14;10-7(16-6-12)3-1-2-4-11-8(13)5-9(14)15;9-7(16-6-14)3-1-2-4-11-8(15)5-12-13-10;9-7(16-6-13)3-1-2-4-15-8(14)5-11-12-10/h1,8-10H,3-7,12-13H2;7-8H,2-6,11H2,1H3,(H,12,16);7-9,13H,1-6,11H2,(H,12,15);7-8,10,13H,1-6,11H2,(H,12,15);7-8,10,16H,1-6,11-12H2;6-7H,2-5,10H2,1H3,(H,11,15);6-7H,1-5,10H2,(H,11,13)(H,14,15);6-7H,1-5,9H2,(H,11,15);6-7H,1-5,9H2/t9?,10-;8-;8?,9-;8-,10?;8?,10-;7-;;;7-/m111111..1/s1. The number of carbonyl (C=O) groups is 19. The van der Waals surface area contributed by atoms with E-state index in [4.69, 9.17) is 95.1 Å². The van der Waals surface area contributed by atoms with Gasteiger partial charge >= 0.3 is 17.9 Å². The van der Waals surface area contributed by atoms with Crippen LogP contribution >= 0.6 is 36.2 Å². The van der Waals surface area contributed by atoms with Gasteiger partial charge in [-0.2, -0.15) is 22.9 Å². The fourth-order valence-electron chi connectivity index (χ4n) is 10.8. The van der Waals surface area contributed by atoms with Gasteiger partial charge < -0.3 is 101 Å². The minimum absolute atomic E-state index is 0.0425. The number of nitrogens with zero attached hydrogens (tertiary/aromatic N) is 10. The number of carboxylic acids is 1. The summed E-state index contributed by atoms with van der Waals surface area (Å²) in [5, 5.41) is 51.5. The Morgan fingerprint density at radius 1 is 0.459 bits per heavy atom. The number of nitrogens with two attached hydrogens (primary N) is 11. The van der Waals surface area contributed by atoms with Crippen LogP contribution in [0.1, 0.15) is 219 Å². The molecular weight excluding hydrogens is 2020 g/mol. The quantitative estimate of drug-likeness (QED) is 0.00280. The average Bonchev–Trinajstić information content (AvgIpc) is 1.66. The molecule has 4 heterocycles. The molecule has 2 saturated heterocycles. The van der Waals surface area contributed by atoms with Gasteiger partial charge in [-0.1, -0.05) is 16.6 Å². The Labute approximate surface area is 872 Å². The van der Waals surface area contributed by atoms with Crippen molar-refractivity contribution in [1.82, 2.24) is 42.5 Å². The molecule has 31 N–H and O–H groups in total. The number of thioether (sulfide) groups is 2. The number of azide groups is 2. The van der Waals surface area contributed by atoms with Crippen molar-refractivity contribution in [3.05, 3.63) is 20.9 Å². The molecule has 0 aliphatic carbocycles. The highest BCUT2D eigenvalue weighted by Crippen LogP contribution is 2.30. The first-order valence-corrected chi connectivity index (χ1v) is 50.1. The largest absolute Gasteiger partial charge is 0.481 e. The number of amides is 6. The lowest BCUT2D eigenvalue weighted by Gasteiger charge is -2.11. The van der Waals surface area contributed by atoms with E-state index in [-0.39, 0.29) is 79.5 Å². The molecular formula is C85H155N29O31S3. The van der Waals surface area contributed by atoms with Gasteiger partial charge in [-0.25, -0.2) is 0 Å². The lowest BCUT2D eigenvalue weighted by molar-refractivity contribution is -0.145. The van der Waals surface area contributed by atoms with Crippen LogP contribution in [0, 0.1) is 12.3 Å². The number of nitrogens with one attached hydrogen (secondary N) is 8. The molecule has 0 spiro atoms. The monoisotopic (exact) mass is 2170 g/mol. The van der Waals surface area contributed by atoms with Gasteiger partial charge in [0.05, 0.1) is 31.7 Å². The van der Waals surface area contributed by atoms with Gasteiger partial charge in [-0.05, 0) is 198 Å². The number of rotatable bonds is 79. The highest BCUT2D eigenvalue weighted by atomic mass is 32.2. The van der Waals surface area contributed by atoms with Crippen molar-refractivity contribution in [3.63, 3.8) is 0 Å². The summed E-state index contributed by atoms with van der Waals surface area (Å²) in [6, 6.07) is -1.27. The topological polar surface area (TPSA) is 976 Å². The van der Waals surface area contributed by atoms with Crippen LogP contribution in [0.25, 0.3) is 20.9 Å². The normalized spacial score (nSPS) is 15.4. The van der Waals surface area contributed by atoms with Crippen LogP contribution in [0.4, 0.5) is 0 Å². The fraction of sp³-hybridized carbons (Fsp3) is 0.753. The number of carbonyl (C=O) groups excluding carboxylic acids is 18. The van der Waals surface area contributed by atoms with E-state index in [2.05, 4.69) is 144 Å². The van der Waals surface area contributed by atoms with Gasteiger partial charge in [0.15, 0.2) is 61.7 Å². The first-order valence-electron chi connectivity index (χ1n) is 47.3. The second-order valence-corrected chi connectivity index (χ2v) is 34.3. The van der Waals surface area contributed by atoms with Crippen molar-refractivity contribution in [1.29, 1.82) is 0 Å². The number of Topliss-reactive ketones (excluding diaryl/α,β-unsaturated/α-hetero) is 1. The lowest BCUT2D eigenvalue weighted by Crippen LogP contribution is -2.42. The molecule has 4 aliphatic heterocycles. The van der Waals surface area contributed by atoms with Crippen LogP contribution in [0.15, 0.2) is 30.7 Å². The van der Waals surface area contributed by atoms with E-state index in [0.717, 1.165) is 107 Å². The van der Waals surface area contributed by atoms with Crippen molar-refractivity contribution in [2.45, 2.75) is 310 Å². The number of carboxylic acid groups (broad SMARTS) is 1. The maximum atomic E-state index is 11.6. The zero-order valence-electron chi connectivity index (χ0n) is 83.8. The molecule has 13 atom stereocenters. The molecule has 0 saturated carbocycles. The molecule has 0 aromatic heterocycles. The van der Waals surface area contributed by atoms with E-state index in [9.17, 15) is 91.1 Å². The second-order valence-electron chi connectivity index (χ2n) is 31.7. The molecule has 0 bridgehead atoms. The van der Waals surface area contributed by atoms with Crippen LogP contribution in [-0.4, -0.2) is 309 Å². The molecule has 0 aromatic carbocycles. The Morgan fingerprint density at radius 3 is 1.15 bits per heavy atom. The molecule has 148 heavy (non-hydrogen) atoms. The summed E-state index contributed by atoms with van der Waals surface area (Å²) in [6.45, 7) is 10.6. The van der Waals surface area contributed by atoms with Crippen molar-refractivity contribution in [2.75, 3.05) is 95.3 Å². The zero-order chi connectivity index (χ0) is 112. The summed E-state index contributed by atoms with van der Waals surface area (Å²) >= 11 is 7.31. The Hall–Kier alpha value is -12.0. The molecule has 0 aromatic rings. The molecule has 844 valence electrons. The van der Waals surface area contributed by atoms with Gasteiger partial charge in [0.25, 0.3) is 69.8 Å². The van der Waals surface area contributed by atoms with E-state index >= 15 is 0 Å². The first kappa shape index (κ1) is 144. The number of hydrogen-bond donors (Lipinski definition) is 21. The fourth-order valence-corrected chi connectivity index (χ4v) is 12.9. The Kier molecular flexibility index (Phi) is 98.5. The van der Waals surface area contributed by atoms with Crippen molar-refractivity contribution in [2.24, 2.45) is 93.8 Å². The number of hydrogen-bond acceptors (Lipinski definition) is 52. The number of unbranched alkanes of at least 4 members (excludes halogenated alkanes) is 10. The van der Waals surface area contributed by atoms with Crippen LogP contribution in [-0.2, 0) is 143 Å². The van der Waals surface area contributed by atoms with Gasteiger partial charge in [-0.3, -0.25) is 153 Å². The third-order valence-corrected chi connectivity index (χ3v) is 21.4. The minimum atomic E-state index is -1.15. The highest BCUT2D eigenvalue weighted by Gasteiger charge is 2.42. The van der Waals surface area contributed by atoms with Crippen molar-refractivity contribution < 1.29 is 148 Å². The Bertz CT molecular complexity index is 3700. The Morgan fingerprint density at radius 2 is 0.811 bits per heavy atom. The number of aliphatic carboxylic acids is 1. The Balaban J connectivity index is -0.000000518. The van der Waals surface area contributed by atoms with Gasteiger partial charge in [0.1, 0.15) is 36.7 Å². The summed E-state index contributed by atoms with van der Waals surface area (Å²) in [5.74, 6) is 2.20. The molecule has 4 aliphatic rings. The van der Waals surface area contributed by atoms with Crippen molar-refractivity contribution >= 4 is 154 Å². The third-order valence-electron chi connectivity index (χ3n) is 19.0. The van der Waals surface area contributed by atoms with E-state index in [1.54, 1.807) is 30.4 Å². The number of esters is 2. The van der Waals surface area contributed by atoms with Gasteiger partial charge in [0.2, 0.25) is 29.5 Å². The van der Waals surface area contributed by atoms with E-state index in [1.807, 2.05) is 6.92 Å². The van der Waals surface area contributed by atoms with E-state index in [1.165, 1.54) is 0 Å². The smallest absolute Gasteiger partial charge is 0.323 e. The molecule has 0 radical (unpaired) electrons. The SMILES string of the molecule is C#CCC(N)C(=O)OCCCC[C@H](N)OC=O.CC1(C(=O)NCCCC[C@H](N)OC=O)N=N1.CC1(CC(=O)NCCCC[C@H](N)OC=O)N=N1.NC(CCCCNC(=O)CC(=O)O)OC=O.NC(CS)C(=O)CCCCC[C@H](N)OC=O.N[C@@H](CCCCNC(=O)C1CSCN1)OC=O.N[C@@H](CCCCNC(=O)C1NCCS1)OC=O.[N-]=[N+]=NCC(=O)NCCCCC(N)OC=O.[N-]=[N+]=NCC(=O)OCCCC[C@H](N)OC=O. The predicted octanol–water partition coefficient (Wildman–Crippen LogP) is -1.55. The summed E-state index contributed by atoms with van der Waals surface area (Å²) in [5.41, 5.74) is 74.3. The molecule has 2 fully saturated rings. The zero-order valence-corrected chi connectivity index (χ0v) is 86.3. The summed E-state index contributed by atoms with van der Waals surface area (Å²) in [7, 11) is 0. The van der Waals surface area contributed by atoms with Crippen LogP contribution < -0.4 is 106 Å². The molecule has 6 amide bonds. The lowest BCUT2D eigenvalue weighted by atomic mass is 10.1. The first-order chi connectivity index (χ1) is 70.8. The molecule has 4 rings (SSSR count). The van der Waals surface area contributed by atoms with Crippen LogP contribution in [0.2, 0.25) is 0 Å². The van der Waals surface area contributed by atoms with Crippen molar-refractivity contribution in [3.8, 4) is 12.3 Å². The van der Waals surface area contributed by atoms with E-state index < -0.39 is 110 Å². The maximum Gasteiger partial charge on any atom is 0.323 e. The number of thiol groups is 1. The number of terminal acetylenes is 1.